The summed E-state index contributed by atoms with van der Waals surface area (Å²) in [6, 6.07) is 13.7. The van der Waals surface area contributed by atoms with Gasteiger partial charge in [0.05, 0.1) is 6.61 Å². The third-order valence-electron chi connectivity index (χ3n) is 3.14. The molecule has 0 N–H and O–H groups in total. The summed E-state index contributed by atoms with van der Waals surface area (Å²) < 4.78 is 6.66. The first-order valence-corrected chi connectivity index (χ1v) is 7.71. The van der Waals surface area contributed by atoms with E-state index in [4.69, 9.17) is 16.3 Å². The van der Waals surface area contributed by atoms with E-state index in [9.17, 15) is 0 Å². The van der Waals surface area contributed by atoms with Crippen LogP contribution < -0.4 is 4.74 Å². The van der Waals surface area contributed by atoms with Crippen molar-refractivity contribution in [3.8, 4) is 17.0 Å². The van der Waals surface area contributed by atoms with E-state index < -0.39 is 0 Å². The predicted molar refractivity (Wildman–Crippen MR) is 88.9 cm³/mol. The van der Waals surface area contributed by atoms with Gasteiger partial charge in [-0.3, -0.25) is 0 Å². The van der Waals surface area contributed by atoms with E-state index in [-0.39, 0.29) is 0 Å². The number of hydrogen-bond acceptors (Lipinski definition) is 3. The molecule has 0 fully saturated rings. The fourth-order valence-corrected chi connectivity index (χ4v) is 2.80. The van der Waals surface area contributed by atoms with Crippen molar-refractivity contribution >= 4 is 38.3 Å². The van der Waals surface area contributed by atoms with E-state index in [1.807, 2.05) is 49.4 Å². The third kappa shape index (κ3) is 2.74. The average molecular weight is 364 g/mol. The standard InChI is InChI=1S/C16H12BrClN2O/c1-2-21-14-8-7-10(17)9-13(14)15-11-5-3-4-6-12(11)16(18)20-19-15/h3-9H,2H2,1H3. The maximum Gasteiger partial charge on any atom is 0.159 e. The second-order valence-corrected chi connectivity index (χ2v) is 5.73. The Kier molecular flexibility index (Phi) is 4.08. The summed E-state index contributed by atoms with van der Waals surface area (Å²) in [6.07, 6.45) is 0. The minimum Gasteiger partial charge on any atom is -0.493 e. The summed E-state index contributed by atoms with van der Waals surface area (Å²) in [4.78, 5) is 0. The monoisotopic (exact) mass is 362 g/mol. The van der Waals surface area contributed by atoms with Gasteiger partial charge < -0.3 is 4.74 Å². The highest BCUT2D eigenvalue weighted by molar-refractivity contribution is 9.10. The number of fused-ring (bicyclic) bond motifs is 1. The van der Waals surface area contributed by atoms with Crippen molar-refractivity contribution in [2.75, 3.05) is 6.61 Å². The van der Waals surface area contributed by atoms with E-state index in [1.165, 1.54) is 0 Å². The Labute approximate surface area is 136 Å². The molecule has 3 rings (SSSR count). The zero-order chi connectivity index (χ0) is 14.8. The second-order valence-electron chi connectivity index (χ2n) is 4.46. The number of halogens is 2. The van der Waals surface area contributed by atoms with Crippen LogP contribution in [0.2, 0.25) is 5.15 Å². The largest absolute Gasteiger partial charge is 0.493 e. The van der Waals surface area contributed by atoms with Crippen LogP contribution in [-0.4, -0.2) is 16.8 Å². The Bertz CT molecular complexity index is 807. The number of aromatic nitrogens is 2. The number of rotatable bonds is 3. The van der Waals surface area contributed by atoms with Gasteiger partial charge in [0.2, 0.25) is 0 Å². The van der Waals surface area contributed by atoms with Crippen molar-refractivity contribution in [2.24, 2.45) is 0 Å². The zero-order valence-electron chi connectivity index (χ0n) is 11.3. The van der Waals surface area contributed by atoms with Crippen molar-refractivity contribution in [2.45, 2.75) is 6.92 Å². The van der Waals surface area contributed by atoms with Crippen molar-refractivity contribution in [1.82, 2.24) is 10.2 Å². The first-order chi connectivity index (χ1) is 10.2. The van der Waals surface area contributed by atoms with Gasteiger partial charge in [0.15, 0.2) is 5.15 Å². The molecule has 0 saturated heterocycles. The van der Waals surface area contributed by atoms with Crippen LogP contribution in [0.1, 0.15) is 6.92 Å². The molecule has 5 heteroatoms. The fraction of sp³-hybridized carbons (Fsp3) is 0.125. The molecule has 0 unspecified atom stereocenters. The van der Waals surface area contributed by atoms with Gasteiger partial charge in [-0.15, -0.1) is 10.2 Å². The zero-order valence-corrected chi connectivity index (χ0v) is 13.6. The van der Waals surface area contributed by atoms with Gasteiger partial charge in [0, 0.05) is 20.8 Å². The molecule has 21 heavy (non-hydrogen) atoms. The molecule has 3 aromatic rings. The molecule has 0 spiro atoms. The quantitative estimate of drug-likeness (QED) is 0.648. The molecule has 0 bridgehead atoms. The summed E-state index contributed by atoms with van der Waals surface area (Å²) in [5.74, 6) is 0.780. The van der Waals surface area contributed by atoms with Crippen LogP contribution >= 0.6 is 27.5 Å². The molecule has 0 aliphatic heterocycles. The molecule has 0 aliphatic rings. The maximum absolute atomic E-state index is 6.13. The highest BCUT2D eigenvalue weighted by Gasteiger charge is 2.14. The molecule has 2 aromatic carbocycles. The molecule has 1 heterocycles. The van der Waals surface area contributed by atoms with Gasteiger partial charge in [-0.1, -0.05) is 51.8 Å². The molecule has 0 aliphatic carbocycles. The van der Waals surface area contributed by atoms with Gasteiger partial charge in [0.1, 0.15) is 11.4 Å². The van der Waals surface area contributed by atoms with Gasteiger partial charge in [-0.05, 0) is 25.1 Å². The fourth-order valence-electron chi connectivity index (χ4n) is 2.24. The topological polar surface area (TPSA) is 35.0 Å². The molecule has 106 valence electrons. The highest BCUT2D eigenvalue weighted by atomic mass is 79.9. The smallest absolute Gasteiger partial charge is 0.159 e. The second kappa shape index (κ2) is 6.00. The molecule has 0 amide bonds. The summed E-state index contributed by atoms with van der Waals surface area (Å²) in [6.45, 7) is 2.55. The van der Waals surface area contributed by atoms with E-state index in [0.717, 1.165) is 32.3 Å². The van der Waals surface area contributed by atoms with Gasteiger partial charge in [-0.25, -0.2) is 0 Å². The van der Waals surface area contributed by atoms with Crippen LogP contribution in [0.15, 0.2) is 46.9 Å². The Morgan fingerprint density at radius 2 is 1.86 bits per heavy atom. The lowest BCUT2D eigenvalue weighted by Crippen LogP contribution is -1.97. The molecule has 1 aromatic heterocycles. The lowest BCUT2D eigenvalue weighted by molar-refractivity contribution is 0.341. The van der Waals surface area contributed by atoms with E-state index in [1.54, 1.807) is 0 Å². The van der Waals surface area contributed by atoms with Crippen LogP contribution in [0.25, 0.3) is 22.0 Å². The summed E-state index contributed by atoms with van der Waals surface area (Å²) in [5.41, 5.74) is 1.66. The van der Waals surface area contributed by atoms with E-state index in [2.05, 4.69) is 26.1 Å². The molecule has 0 atom stereocenters. The van der Waals surface area contributed by atoms with Crippen molar-refractivity contribution in [1.29, 1.82) is 0 Å². The summed E-state index contributed by atoms with van der Waals surface area (Å²) >= 11 is 9.63. The van der Waals surface area contributed by atoms with Crippen LogP contribution in [0.3, 0.4) is 0 Å². The third-order valence-corrected chi connectivity index (χ3v) is 3.91. The Morgan fingerprint density at radius 1 is 1.10 bits per heavy atom. The molecular weight excluding hydrogens is 352 g/mol. The maximum atomic E-state index is 6.13. The summed E-state index contributed by atoms with van der Waals surface area (Å²) in [5, 5.41) is 10.6. The number of hydrogen-bond donors (Lipinski definition) is 0. The van der Waals surface area contributed by atoms with E-state index >= 15 is 0 Å². The molecule has 3 nitrogen and oxygen atoms in total. The Morgan fingerprint density at radius 3 is 2.62 bits per heavy atom. The Hall–Kier alpha value is -1.65. The first kappa shape index (κ1) is 14.3. The van der Waals surface area contributed by atoms with Crippen LogP contribution in [0.4, 0.5) is 0 Å². The number of nitrogens with zero attached hydrogens (tertiary/aromatic N) is 2. The molecular formula is C16H12BrClN2O. The van der Waals surface area contributed by atoms with Crippen LogP contribution in [0, 0.1) is 0 Å². The van der Waals surface area contributed by atoms with Gasteiger partial charge in [0.25, 0.3) is 0 Å². The minimum absolute atomic E-state index is 0.405. The first-order valence-electron chi connectivity index (χ1n) is 6.54. The number of ether oxygens (including phenoxy) is 1. The van der Waals surface area contributed by atoms with Gasteiger partial charge >= 0.3 is 0 Å². The van der Waals surface area contributed by atoms with Crippen molar-refractivity contribution in [3.63, 3.8) is 0 Å². The van der Waals surface area contributed by atoms with Crippen molar-refractivity contribution < 1.29 is 4.74 Å². The lowest BCUT2D eigenvalue weighted by atomic mass is 10.0. The lowest BCUT2D eigenvalue weighted by Gasteiger charge is -2.12. The van der Waals surface area contributed by atoms with E-state index in [0.29, 0.717) is 11.8 Å². The molecule has 0 saturated carbocycles. The highest BCUT2D eigenvalue weighted by Crippen LogP contribution is 2.36. The molecule has 0 radical (unpaired) electrons. The predicted octanol–water partition coefficient (Wildman–Crippen LogP) is 5.11. The Balaban J connectivity index is 2.30. The normalized spacial score (nSPS) is 10.8. The van der Waals surface area contributed by atoms with Crippen molar-refractivity contribution in [3.05, 3.63) is 52.1 Å². The average Bonchev–Trinajstić information content (AvgIpc) is 2.50. The van der Waals surface area contributed by atoms with Gasteiger partial charge in [-0.2, -0.15) is 0 Å². The van der Waals surface area contributed by atoms with Crippen LogP contribution in [-0.2, 0) is 0 Å². The minimum atomic E-state index is 0.405. The summed E-state index contributed by atoms with van der Waals surface area (Å²) in [7, 11) is 0. The van der Waals surface area contributed by atoms with Crippen LogP contribution in [0.5, 0.6) is 5.75 Å². The number of benzene rings is 2. The SMILES string of the molecule is CCOc1ccc(Br)cc1-c1nnc(Cl)c2ccccc12.